The van der Waals surface area contributed by atoms with E-state index in [1.807, 2.05) is 6.92 Å². The summed E-state index contributed by atoms with van der Waals surface area (Å²) in [6.07, 6.45) is 0.687. The summed E-state index contributed by atoms with van der Waals surface area (Å²) in [6.45, 7) is 8.64. The predicted molar refractivity (Wildman–Crippen MR) is 85.4 cm³/mol. The van der Waals surface area contributed by atoms with Crippen LogP contribution in [0.25, 0.3) is 0 Å². The molecule has 0 saturated heterocycles. The quantitative estimate of drug-likeness (QED) is 0.416. The Morgan fingerprint density at radius 2 is 1.59 bits per heavy atom. The van der Waals surface area contributed by atoms with E-state index in [4.69, 9.17) is 15.2 Å². The van der Waals surface area contributed by atoms with Crippen molar-refractivity contribution in [2.24, 2.45) is 11.7 Å². The van der Waals surface area contributed by atoms with Crippen molar-refractivity contribution in [1.82, 2.24) is 10.6 Å². The first-order chi connectivity index (χ1) is 10.5. The van der Waals surface area contributed by atoms with Gasteiger partial charge in [-0.15, -0.1) is 0 Å². The van der Waals surface area contributed by atoms with Crippen molar-refractivity contribution in [1.29, 1.82) is 0 Å². The molecule has 0 bridgehead atoms. The number of hydrogen-bond donors (Lipinski definition) is 3. The van der Waals surface area contributed by atoms with Gasteiger partial charge in [0, 0.05) is 32.0 Å². The summed E-state index contributed by atoms with van der Waals surface area (Å²) in [7, 11) is 0. The summed E-state index contributed by atoms with van der Waals surface area (Å²) in [5.74, 6) is 0.359. The Labute approximate surface area is 133 Å². The first-order valence-corrected chi connectivity index (χ1v) is 7.89. The lowest BCUT2D eigenvalue weighted by molar-refractivity contribution is -0.123. The standard InChI is InChI=1S/C15H31N3O4/c1-12(2)13(3)18-15(20)5-8-21-10-11-22-9-7-17-14(19)4-6-16/h12-13H,4-11,16H2,1-3H3,(H,17,19)(H,18,20). The van der Waals surface area contributed by atoms with Crippen LogP contribution in [-0.4, -0.2) is 57.4 Å². The number of amides is 2. The van der Waals surface area contributed by atoms with Gasteiger partial charge in [-0.2, -0.15) is 0 Å². The minimum absolute atomic E-state index is 0.00438. The molecule has 2 amide bonds. The minimum Gasteiger partial charge on any atom is -0.379 e. The first-order valence-electron chi connectivity index (χ1n) is 7.89. The zero-order chi connectivity index (χ0) is 16.8. The Morgan fingerprint density at radius 1 is 0.955 bits per heavy atom. The van der Waals surface area contributed by atoms with Gasteiger partial charge in [0.05, 0.1) is 26.4 Å². The Morgan fingerprint density at radius 3 is 2.18 bits per heavy atom. The van der Waals surface area contributed by atoms with E-state index < -0.39 is 0 Å². The van der Waals surface area contributed by atoms with Crippen molar-refractivity contribution in [3.05, 3.63) is 0 Å². The van der Waals surface area contributed by atoms with Gasteiger partial charge in [0.25, 0.3) is 0 Å². The van der Waals surface area contributed by atoms with Crippen LogP contribution >= 0.6 is 0 Å². The van der Waals surface area contributed by atoms with Crippen molar-refractivity contribution >= 4 is 11.8 Å². The molecule has 0 fully saturated rings. The van der Waals surface area contributed by atoms with E-state index in [0.29, 0.717) is 58.3 Å². The van der Waals surface area contributed by atoms with E-state index in [1.54, 1.807) is 0 Å². The van der Waals surface area contributed by atoms with Gasteiger partial charge in [-0.05, 0) is 12.8 Å². The van der Waals surface area contributed by atoms with Gasteiger partial charge in [0.2, 0.25) is 11.8 Å². The summed E-state index contributed by atoms with van der Waals surface area (Å²) in [6, 6.07) is 0.172. The van der Waals surface area contributed by atoms with Crippen LogP contribution in [0, 0.1) is 5.92 Å². The Hall–Kier alpha value is -1.18. The van der Waals surface area contributed by atoms with Crippen LogP contribution in [-0.2, 0) is 19.1 Å². The van der Waals surface area contributed by atoms with E-state index in [2.05, 4.69) is 24.5 Å². The molecule has 0 radical (unpaired) electrons. The maximum atomic E-state index is 11.6. The molecule has 0 aliphatic carbocycles. The molecular formula is C15H31N3O4. The number of carbonyl (C=O) groups excluding carboxylic acids is 2. The second-order valence-electron chi connectivity index (χ2n) is 5.46. The van der Waals surface area contributed by atoms with Crippen LogP contribution in [0.3, 0.4) is 0 Å². The summed E-state index contributed by atoms with van der Waals surface area (Å²) >= 11 is 0. The van der Waals surface area contributed by atoms with Gasteiger partial charge in [-0.3, -0.25) is 9.59 Å². The Balaban J connectivity index is 3.33. The lowest BCUT2D eigenvalue weighted by atomic mass is 10.1. The van der Waals surface area contributed by atoms with Gasteiger partial charge < -0.3 is 25.8 Å². The second-order valence-corrected chi connectivity index (χ2v) is 5.46. The summed E-state index contributed by atoms with van der Waals surface area (Å²) in [5, 5.41) is 5.61. The van der Waals surface area contributed by atoms with Crippen molar-refractivity contribution in [3.8, 4) is 0 Å². The third-order valence-electron chi connectivity index (χ3n) is 3.17. The molecule has 1 unspecified atom stereocenters. The first kappa shape index (κ1) is 20.8. The molecule has 1 atom stereocenters. The lowest BCUT2D eigenvalue weighted by Gasteiger charge is -2.17. The molecule has 7 nitrogen and oxygen atoms in total. The molecule has 7 heteroatoms. The number of rotatable bonds is 13. The molecule has 130 valence electrons. The zero-order valence-corrected chi connectivity index (χ0v) is 14.0. The van der Waals surface area contributed by atoms with Gasteiger partial charge >= 0.3 is 0 Å². The third kappa shape index (κ3) is 12.6. The second kappa shape index (κ2) is 13.5. The molecule has 0 aromatic rings. The predicted octanol–water partition coefficient (Wildman–Crippen LogP) is 0.0354. The number of ether oxygens (including phenoxy) is 2. The molecule has 0 aromatic heterocycles. The maximum Gasteiger partial charge on any atom is 0.222 e. The highest BCUT2D eigenvalue weighted by molar-refractivity contribution is 5.76. The van der Waals surface area contributed by atoms with E-state index in [9.17, 15) is 9.59 Å². The topological polar surface area (TPSA) is 103 Å². The van der Waals surface area contributed by atoms with Gasteiger partial charge in [-0.1, -0.05) is 13.8 Å². The van der Waals surface area contributed by atoms with Crippen LogP contribution in [0.5, 0.6) is 0 Å². The van der Waals surface area contributed by atoms with Gasteiger partial charge in [0.15, 0.2) is 0 Å². The summed E-state index contributed by atoms with van der Waals surface area (Å²) < 4.78 is 10.6. The average Bonchev–Trinajstić information content (AvgIpc) is 2.45. The van der Waals surface area contributed by atoms with E-state index in [0.717, 1.165) is 0 Å². The van der Waals surface area contributed by atoms with E-state index in [-0.39, 0.29) is 17.9 Å². The molecule has 0 aromatic carbocycles. The number of nitrogens with two attached hydrogens (primary N) is 1. The summed E-state index contributed by atoms with van der Waals surface area (Å²) in [5.41, 5.74) is 5.25. The molecule has 0 spiro atoms. The fourth-order valence-electron chi connectivity index (χ4n) is 1.46. The lowest BCUT2D eigenvalue weighted by Crippen LogP contribution is -2.36. The maximum absolute atomic E-state index is 11.6. The highest BCUT2D eigenvalue weighted by atomic mass is 16.5. The van der Waals surface area contributed by atoms with E-state index in [1.165, 1.54) is 0 Å². The number of carbonyl (C=O) groups is 2. The normalized spacial score (nSPS) is 12.2. The fraction of sp³-hybridized carbons (Fsp3) is 0.867. The molecule has 0 heterocycles. The van der Waals surface area contributed by atoms with Crippen LogP contribution < -0.4 is 16.4 Å². The highest BCUT2D eigenvalue weighted by Gasteiger charge is 2.10. The third-order valence-corrected chi connectivity index (χ3v) is 3.17. The monoisotopic (exact) mass is 317 g/mol. The van der Waals surface area contributed by atoms with Crippen molar-refractivity contribution < 1.29 is 19.1 Å². The Bertz CT molecular complexity index is 311. The Kier molecular flexibility index (Phi) is 12.8. The minimum atomic E-state index is -0.0658. The molecule has 0 aliphatic heterocycles. The number of hydrogen-bond acceptors (Lipinski definition) is 5. The van der Waals surface area contributed by atoms with Gasteiger partial charge in [-0.25, -0.2) is 0 Å². The van der Waals surface area contributed by atoms with Gasteiger partial charge in [0.1, 0.15) is 0 Å². The average molecular weight is 317 g/mol. The molecule has 0 rings (SSSR count). The molecular weight excluding hydrogens is 286 g/mol. The number of nitrogens with one attached hydrogen (secondary N) is 2. The SMILES string of the molecule is CC(C)C(C)NC(=O)CCOCCOCCNC(=O)CCN. The largest absolute Gasteiger partial charge is 0.379 e. The molecule has 22 heavy (non-hydrogen) atoms. The molecule has 4 N–H and O–H groups in total. The van der Waals surface area contributed by atoms with Crippen molar-refractivity contribution in [2.45, 2.75) is 39.7 Å². The van der Waals surface area contributed by atoms with Crippen LogP contribution in [0.2, 0.25) is 0 Å². The molecule has 0 aliphatic rings. The molecule has 0 saturated carbocycles. The van der Waals surface area contributed by atoms with Crippen LogP contribution in [0.4, 0.5) is 0 Å². The van der Waals surface area contributed by atoms with Crippen molar-refractivity contribution in [2.75, 3.05) is 39.5 Å². The fourth-order valence-corrected chi connectivity index (χ4v) is 1.46. The van der Waals surface area contributed by atoms with Crippen LogP contribution in [0.15, 0.2) is 0 Å². The zero-order valence-electron chi connectivity index (χ0n) is 14.0. The van der Waals surface area contributed by atoms with E-state index >= 15 is 0 Å². The smallest absolute Gasteiger partial charge is 0.222 e. The van der Waals surface area contributed by atoms with Crippen molar-refractivity contribution in [3.63, 3.8) is 0 Å². The summed E-state index contributed by atoms with van der Waals surface area (Å²) in [4.78, 5) is 22.7. The highest BCUT2D eigenvalue weighted by Crippen LogP contribution is 1.99. The van der Waals surface area contributed by atoms with Crippen LogP contribution in [0.1, 0.15) is 33.6 Å².